The molecule has 0 amide bonds. The van der Waals surface area contributed by atoms with Crippen molar-refractivity contribution in [2.24, 2.45) is 0 Å². The van der Waals surface area contributed by atoms with E-state index in [2.05, 4.69) is 0 Å². The number of hydrogen-bond donors (Lipinski definition) is 3. The van der Waals surface area contributed by atoms with Crippen molar-refractivity contribution in [2.45, 2.75) is 25.2 Å². The van der Waals surface area contributed by atoms with Gasteiger partial charge in [-0.1, -0.05) is 0 Å². The van der Waals surface area contributed by atoms with Crippen LogP contribution < -0.4 is 0 Å². The van der Waals surface area contributed by atoms with Crippen molar-refractivity contribution < 1.29 is 20.1 Å². The predicted octanol–water partition coefficient (Wildman–Crippen LogP) is -1.40. The van der Waals surface area contributed by atoms with Crippen molar-refractivity contribution in [3.8, 4) is 0 Å². The van der Waals surface area contributed by atoms with E-state index in [1.807, 2.05) is 0 Å². The van der Waals surface area contributed by atoms with Crippen molar-refractivity contribution in [2.75, 3.05) is 0 Å². The summed E-state index contributed by atoms with van der Waals surface area (Å²) in [5.41, 5.74) is 0.382. The number of carbonyl (C=O) groups excluding carboxylic acids is 1. The molecule has 1 rings (SSSR count). The van der Waals surface area contributed by atoms with Crippen LogP contribution in [0.4, 0.5) is 0 Å². The van der Waals surface area contributed by atoms with Crippen LogP contribution in [-0.4, -0.2) is 39.4 Å². The summed E-state index contributed by atoms with van der Waals surface area (Å²) in [6, 6.07) is 0. The molecule has 11 heavy (non-hydrogen) atoms. The van der Waals surface area contributed by atoms with Gasteiger partial charge in [-0.2, -0.15) is 0 Å². The highest BCUT2D eigenvalue weighted by Crippen LogP contribution is 2.16. The lowest BCUT2D eigenvalue weighted by atomic mass is 9.92. The number of aliphatic hydroxyl groups is 3. The van der Waals surface area contributed by atoms with Crippen LogP contribution in [0.5, 0.6) is 0 Å². The third-order valence-electron chi connectivity index (χ3n) is 1.77. The van der Waals surface area contributed by atoms with Gasteiger partial charge in [-0.05, 0) is 18.6 Å². The molecule has 1 aliphatic rings. The molecule has 0 radical (unpaired) electrons. The second kappa shape index (κ2) is 2.73. The van der Waals surface area contributed by atoms with Crippen LogP contribution in [0.25, 0.3) is 0 Å². The molecule has 0 unspecified atom stereocenters. The van der Waals surface area contributed by atoms with Gasteiger partial charge in [-0.25, -0.2) is 0 Å². The summed E-state index contributed by atoms with van der Waals surface area (Å²) >= 11 is 0. The lowest BCUT2D eigenvalue weighted by Gasteiger charge is -2.26. The highest BCUT2D eigenvalue weighted by Gasteiger charge is 2.34. The van der Waals surface area contributed by atoms with E-state index in [1.165, 1.54) is 6.92 Å². The van der Waals surface area contributed by atoms with Crippen LogP contribution in [0.2, 0.25) is 0 Å². The minimum absolute atomic E-state index is 0.382. The van der Waals surface area contributed by atoms with E-state index in [9.17, 15) is 4.79 Å². The third kappa shape index (κ3) is 1.33. The topological polar surface area (TPSA) is 77.8 Å². The Balaban J connectivity index is 2.92. The molecule has 0 aromatic rings. The summed E-state index contributed by atoms with van der Waals surface area (Å²) < 4.78 is 0. The summed E-state index contributed by atoms with van der Waals surface area (Å²) in [6.07, 6.45) is -2.84. The molecule has 4 nitrogen and oxygen atoms in total. The van der Waals surface area contributed by atoms with E-state index >= 15 is 0 Å². The summed E-state index contributed by atoms with van der Waals surface area (Å²) in [7, 11) is 0. The SMILES string of the molecule is CC1=CC(=O)[C@H](O)[C@H](O)[C@H]1O. The van der Waals surface area contributed by atoms with Crippen LogP contribution in [0.3, 0.4) is 0 Å². The Morgan fingerprint density at radius 2 is 1.82 bits per heavy atom. The molecule has 0 spiro atoms. The third-order valence-corrected chi connectivity index (χ3v) is 1.77. The van der Waals surface area contributed by atoms with Gasteiger partial charge in [0.25, 0.3) is 0 Å². The summed E-state index contributed by atoms with van der Waals surface area (Å²) in [5.74, 6) is -0.555. The minimum atomic E-state index is -1.48. The van der Waals surface area contributed by atoms with E-state index in [0.717, 1.165) is 6.08 Å². The van der Waals surface area contributed by atoms with Gasteiger partial charge in [0, 0.05) is 0 Å². The molecule has 0 aromatic heterocycles. The lowest BCUT2D eigenvalue weighted by Crippen LogP contribution is -2.45. The molecule has 62 valence electrons. The predicted molar refractivity (Wildman–Crippen MR) is 36.8 cm³/mol. The molecule has 3 atom stereocenters. The molecule has 0 saturated carbocycles. The molecule has 0 saturated heterocycles. The summed E-state index contributed by atoms with van der Waals surface area (Å²) in [6.45, 7) is 1.53. The average Bonchev–Trinajstić information content (AvgIpc) is 1.97. The average molecular weight is 158 g/mol. The molecular weight excluding hydrogens is 148 g/mol. The van der Waals surface area contributed by atoms with Crippen molar-refractivity contribution in [1.82, 2.24) is 0 Å². The fourth-order valence-electron chi connectivity index (χ4n) is 1.01. The summed E-state index contributed by atoms with van der Waals surface area (Å²) in [5, 5.41) is 27.1. The Kier molecular flexibility index (Phi) is 2.08. The van der Waals surface area contributed by atoms with E-state index in [4.69, 9.17) is 15.3 Å². The van der Waals surface area contributed by atoms with Crippen LogP contribution in [0.1, 0.15) is 6.92 Å². The lowest BCUT2D eigenvalue weighted by molar-refractivity contribution is -0.134. The first kappa shape index (κ1) is 8.39. The molecule has 0 heterocycles. The number of aliphatic hydroxyl groups excluding tert-OH is 3. The van der Waals surface area contributed by atoms with E-state index < -0.39 is 24.1 Å². The Bertz CT molecular complexity index is 208. The Morgan fingerprint density at radius 3 is 2.36 bits per heavy atom. The van der Waals surface area contributed by atoms with Gasteiger partial charge in [-0.3, -0.25) is 4.79 Å². The number of carbonyl (C=O) groups is 1. The first-order valence-corrected chi connectivity index (χ1v) is 3.30. The van der Waals surface area contributed by atoms with Crippen molar-refractivity contribution in [1.29, 1.82) is 0 Å². The molecule has 4 heteroatoms. The number of hydrogen-bond acceptors (Lipinski definition) is 4. The Hall–Kier alpha value is -0.710. The molecule has 0 aliphatic heterocycles. The van der Waals surface area contributed by atoms with E-state index in [1.54, 1.807) is 0 Å². The van der Waals surface area contributed by atoms with Gasteiger partial charge >= 0.3 is 0 Å². The second-order valence-electron chi connectivity index (χ2n) is 2.67. The maximum absolute atomic E-state index is 10.8. The molecule has 0 fully saturated rings. The zero-order valence-corrected chi connectivity index (χ0v) is 6.06. The maximum atomic E-state index is 10.8. The molecule has 0 aromatic carbocycles. The van der Waals surface area contributed by atoms with Crippen LogP contribution in [-0.2, 0) is 4.79 Å². The number of ketones is 1. The van der Waals surface area contributed by atoms with Gasteiger partial charge in [0.1, 0.15) is 18.3 Å². The van der Waals surface area contributed by atoms with Gasteiger partial charge in [-0.15, -0.1) is 0 Å². The van der Waals surface area contributed by atoms with E-state index in [-0.39, 0.29) is 0 Å². The molecule has 3 N–H and O–H groups in total. The fraction of sp³-hybridized carbons (Fsp3) is 0.571. The van der Waals surface area contributed by atoms with Crippen molar-refractivity contribution in [3.05, 3.63) is 11.6 Å². The smallest absolute Gasteiger partial charge is 0.186 e. The summed E-state index contributed by atoms with van der Waals surface area (Å²) in [4.78, 5) is 10.8. The standard InChI is InChI=1S/C7H10O4/c1-3-2-4(8)6(10)7(11)5(3)9/h2,5-7,9-11H,1H3/t5-,6-,7+/m0/s1. The first-order valence-electron chi connectivity index (χ1n) is 3.30. The van der Waals surface area contributed by atoms with Crippen LogP contribution in [0.15, 0.2) is 11.6 Å². The minimum Gasteiger partial charge on any atom is -0.387 e. The van der Waals surface area contributed by atoms with Gasteiger partial charge in [0.05, 0.1) is 0 Å². The van der Waals surface area contributed by atoms with Crippen LogP contribution >= 0.6 is 0 Å². The Labute approximate surface area is 63.8 Å². The quantitative estimate of drug-likeness (QED) is 0.405. The molecule has 1 aliphatic carbocycles. The highest BCUT2D eigenvalue weighted by molar-refractivity contribution is 5.95. The fourth-order valence-corrected chi connectivity index (χ4v) is 1.01. The van der Waals surface area contributed by atoms with Crippen molar-refractivity contribution >= 4 is 5.78 Å². The zero-order chi connectivity index (χ0) is 8.59. The van der Waals surface area contributed by atoms with Crippen molar-refractivity contribution in [3.63, 3.8) is 0 Å². The second-order valence-corrected chi connectivity index (χ2v) is 2.67. The molecular formula is C7H10O4. The highest BCUT2D eigenvalue weighted by atomic mass is 16.4. The van der Waals surface area contributed by atoms with Crippen LogP contribution in [0, 0.1) is 0 Å². The largest absolute Gasteiger partial charge is 0.387 e. The first-order chi connectivity index (χ1) is 5.04. The zero-order valence-electron chi connectivity index (χ0n) is 6.06. The Morgan fingerprint density at radius 1 is 1.27 bits per heavy atom. The monoisotopic (exact) mass is 158 g/mol. The van der Waals surface area contributed by atoms with Gasteiger partial charge < -0.3 is 15.3 Å². The number of rotatable bonds is 0. The van der Waals surface area contributed by atoms with Gasteiger partial charge in [0.2, 0.25) is 0 Å². The molecule has 0 bridgehead atoms. The van der Waals surface area contributed by atoms with E-state index in [0.29, 0.717) is 5.57 Å². The van der Waals surface area contributed by atoms with Gasteiger partial charge in [0.15, 0.2) is 5.78 Å². The normalized spacial score (nSPS) is 38.7. The maximum Gasteiger partial charge on any atom is 0.186 e.